The van der Waals surface area contributed by atoms with E-state index < -0.39 is 11.9 Å². The maximum absolute atomic E-state index is 13.7. The molecule has 0 aliphatic rings. The molecule has 6 aromatic rings. The monoisotopic (exact) mass is 568 g/mol. The zero-order valence-electron chi connectivity index (χ0n) is 21.1. The Bertz CT molecular complexity index is 1830. The molecule has 40 heavy (non-hydrogen) atoms. The lowest BCUT2D eigenvalue weighted by Gasteiger charge is -2.17. The minimum absolute atomic E-state index is 0.270. The molecule has 1 atom stereocenters. The number of fused-ring (bicyclic) bond motifs is 2. The number of nitrogen functional groups attached to an aromatic ring is 1. The summed E-state index contributed by atoms with van der Waals surface area (Å²) < 4.78 is 2.58. The number of imidazole rings is 1. The van der Waals surface area contributed by atoms with Gasteiger partial charge in [-0.2, -0.15) is 11.3 Å². The highest BCUT2D eigenvalue weighted by atomic mass is 32.1. The second-order valence-electron chi connectivity index (χ2n) is 9.09. The molecule has 5 N–H and O–H groups in total. The number of anilines is 1. The molecular weight excluding hydrogens is 544 g/mol. The van der Waals surface area contributed by atoms with Gasteiger partial charge in [0.25, 0.3) is 11.8 Å². The summed E-state index contributed by atoms with van der Waals surface area (Å²) in [6, 6.07) is 19.7. The van der Waals surface area contributed by atoms with Gasteiger partial charge in [0.15, 0.2) is 10.8 Å². The Morgan fingerprint density at radius 2 is 1.88 bits per heavy atom. The predicted molar refractivity (Wildman–Crippen MR) is 157 cm³/mol. The van der Waals surface area contributed by atoms with E-state index >= 15 is 0 Å². The van der Waals surface area contributed by atoms with Crippen LogP contribution in [0.2, 0.25) is 0 Å². The van der Waals surface area contributed by atoms with Crippen LogP contribution in [0.25, 0.3) is 27.1 Å². The summed E-state index contributed by atoms with van der Waals surface area (Å²) in [5.74, 6) is -0.729. The Morgan fingerprint density at radius 1 is 1.02 bits per heavy atom. The Morgan fingerprint density at radius 3 is 2.65 bits per heavy atom. The number of amides is 2. The van der Waals surface area contributed by atoms with Gasteiger partial charge in [0, 0.05) is 23.7 Å². The Labute approximate surface area is 237 Å². The van der Waals surface area contributed by atoms with E-state index in [0.29, 0.717) is 28.6 Å². The number of pyridine rings is 1. The molecular formula is C29H24N6O3S2. The van der Waals surface area contributed by atoms with Crippen LogP contribution in [0, 0.1) is 0 Å². The van der Waals surface area contributed by atoms with Gasteiger partial charge in [-0.05, 0) is 46.8 Å². The fraction of sp³-hybridized carbons (Fsp3) is 0.103. The number of aromatic nitrogens is 3. The summed E-state index contributed by atoms with van der Waals surface area (Å²) in [6.45, 7) is 0.0299. The van der Waals surface area contributed by atoms with Crippen LogP contribution >= 0.6 is 22.7 Å². The predicted octanol–water partition coefficient (Wildman–Crippen LogP) is 4.65. The van der Waals surface area contributed by atoms with Gasteiger partial charge in [-0.15, -0.1) is 0 Å². The van der Waals surface area contributed by atoms with Crippen LogP contribution in [0.15, 0.2) is 83.7 Å². The Hall–Kier alpha value is -4.58. The van der Waals surface area contributed by atoms with Crippen LogP contribution in [0.4, 0.5) is 5.13 Å². The van der Waals surface area contributed by atoms with Gasteiger partial charge in [0.2, 0.25) is 0 Å². The molecule has 0 bridgehead atoms. The van der Waals surface area contributed by atoms with Crippen molar-refractivity contribution in [1.82, 2.24) is 25.0 Å². The average molecular weight is 569 g/mol. The number of nitrogens with two attached hydrogens (primary N) is 1. The number of hydrogen-bond acceptors (Lipinski definition) is 8. The smallest absolute Gasteiger partial charge is 0.271 e. The molecule has 0 saturated heterocycles. The number of nitrogens with one attached hydrogen (secondary N) is 2. The first-order chi connectivity index (χ1) is 19.5. The van der Waals surface area contributed by atoms with Crippen molar-refractivity contribution in [3.63, 3.8) is 0 Å². The van der Waals surface area contributed by atoms with Crippen molar-refractivity contribution in [1.29, 1.82) is 0 Å². The molecule has 0 fully saturated rings. The van der Waals surface area contributed by atoms with Crippen LogP contribution in [0.5, 0.6) is 0 Å². The molecule has 11 heteroatoms. The SMILES string of the molecule is Nc1nc2ccc(CNC(=O)c3cccn4c(C(=O)N[C@H](CO)c5ccccc5)c(-c5ccsc5)nc34)cc2s1. The van der Waals surface area contributed by atoms with Gasteiger partial charge in [0.1, 0.15) is 11.4 Å². The maximum Gasteiger partial charge on any atom is 0.271 e. The number of thiophene rings is 1. The number of aliphatic hydroxyl groups excluding tert-OH is 1. The minimum Gasteiger partial charge on any atom is -0.394 e. The van der Waals surface area contributed by atoms with E-state index in [1.165, 1.54) is 22.7 Å². The van der Waals surface area contributed by atoms with Crippen LogP contribution < -0.4 is 16.4 Å². The molecule has 0 spiro atoms. The lowest BCUT2D eigenvalue weighted by atomic mass is 10.1. The molecule has 6 rings (SSSR count). The molecule has 0 saturated carbocycles. The number of aliphatic hydroxyl groups is 1. The van der Waals surface area contributed by atoms with Gasteiger partial charge in [-0.3, -0.25) is 14.0 Å². The maximum atomic E-state index is 13.7. The van der Waals surface area contributed by atoms with Gasteiger partial charge in [0.05, 0.1) is 28.4 Å². The highest BCUT2D eigenvalue weighted by Gasteiger charge is 2.26. The van der Waals surface area contributed by atoms with Crippen LogP contribution in [-0.2, 0) is 6.54 Å². The van der Waals surface area contributed by atoms with Gasteiger partial charge in [-0.25, -0.2) is 9.97 Å². The average Bonchev–Trinajstić information content (AvgIpc) is 3.72. The van der Waals surface area contributed by atoms with Crippen LogP contribution in [0.1, 0.15) is 38.0 Å². The summed E-state index contributed by atoms with van der Waals surface area (Å²) >= 11 is 2.88. The lowest BCUT2D eigenvalue weighted by molar-refractivity contribution is 0.0908. The quantitative estimate of drug-likeness (QED) is 0.211. The largest absolute Gasteiger partial charge is 0.394 e. The van der Waals surface area contributed by atoms with Crippen molar-refractivity contribution in [3.05, 3.63) is 106 Å². The molecule has 0 aliphatic heterocycles. The fourth-order valence-corrected chi connectivity index (χ4v) is 6.02. The lowest BCUT2D eigenvalue weighted by Crippen LogP contribution is -2.32. The standard InChI is InChI=1S/C29H24N6O3S2/c30-29-33-21-9-8-17(13-23(21)40-29)14-31-27(37)20-7-4-11-35-25(24(34-26(20)35)19-10-12-39-16-19)28(38)32-22(15-36)18-5-2-1-3-6-18/h1-13,16,22,36H,14-15H2,(H2,30,33)(H,31,37)(H,32,38)/t22-/m1/s1. The third-order valence-electron chi connectivity index (χ3n) is 6.52. The van der Waals surface area contributed by atoms with E-state index in [1.807, 2.05) is 65.4 Å². The number of carbonyl (C=O) groups excluding carboxylic acids is 2. The number of rotatable bonds is 8. The third kappa shape index (κ3) is 4.93. The van der Waals surface area contributed by atoms with E-state index in [2.05, 4.69) is 15.6 Å². The molecule has 0 unspecified atom stereocenters. The molecule has 0 aliphatic carbocycles. The molecule has 9 nitrogen and oxygen atoms in total. The van der Waals surface area contributed by atoms with E-state index in [-0.39, 0.29) is 18.2 Å². The Balaban J connectivity index is 1.33. The van der Waals surface area contributed by atoms with Gasteiger partial charge >= 0.3 is 0 Å². The zero-order chi connectivity index (χ0) is 27.6. The number of hydrogen-bond donors (Lipinski definition) is 4. The van der Waals surface area contributed by atoms with Crippen molar-refractivity contribution in [2.24, 2.45) is 0 Å². The molecule has 200 valence electrons. The molecule has 2 amide bonds. The van der Waals surface area contributed by atoms with Crippen molar-refractivity contribution < 1.29 is 14.7 Å². The number of benzene rings is 2. The van der Waals surface area contributed by atoms with Crippen molar-refractivity contribution >= 4 is 55.5 Å². The van der Waals surface area contributed by atoms with Crippen molar-refractivity contribution in [2.75, 3.05) is 12.3 Å². The molecule has 4 heterocycles. The molecule has 2 aromatic carbocycles. The van der Waals surface area contributed by atoms with E-state index in [0.717, 1.165) is 26.9 Å². The topological polar surface area (TPSA) is 135 Å². The third-order valence-corrected chi connectivity index (χ3v) is 8.05. The summed E-state index contributed by atoms with van der Waals surface area (Å²) in [6.07, 6.45) is 1.71. The van der Waals surface area contributed by atoms with Crippen LogP contribution in [-0.4, -0.2) is 37.9 Å². The van der Waals surface area contributed by atoms with Crippen molar-refractivity contribution in [3.8, 4) is 11.3 Å². The van der Waals surface area contributed by atoms with E-state index in [4.69, 9.17) is 10.7 Å². The summed E-state index contributed by atoms with van der Waals surface area (Å²) in [5.41, 5.74) is 10.5. The van der Waals surface area contributed by atoms with E-state index in [1.54, 1.807) is 22.7 Å². The first-order valence-corrected chi connectivity index (χ1v) is 14.2. The van der Waals surface area contributed by atoms with Crippen LogP contribution in [0.3, 0.4) is 0 Å². The Kier molecular flexibility index (Phi) is 6.99. The second-order valence-corrected chi connectivity index (χ2v) is 10.9. The normalized spacial score (nSPS) is 12.0. The number of carbonyl (C=O) groups is 2. The first-order valence-electron chi connectivity index (χ1n) is 12.5. The summed E-state index contributed by atoms with van der Waals surface area (Å²) in [5, 5.41) is 20.2. The highest BCUT2D eigenvalue weighted by Crippen LogP contribution is 2.29. The first kappa shape index (κ1) is 25.7. The zero-order valence-corrected chi connectivity index (χ0v) is 22.7. The number of nitrogens with zero attached hydrogens (tertiary/aromatic N) is 3. The minimum atomic E-state index is -0.604. The van der Waals surface area contributed by atoms with Gasteiger partial charge in [-0.1, -0.05) is 47.7 Å². The van der Waals surface area contributed by atoms with E-state index in [9.17, 15) is 14.7 Å². The number of thiazole rings is 1. The fourth-order valence-electron chi connectivity index (χ4n) is 4.58. The molecule has 0 radical (unpaired) electrons. The second kappa shape index (κ2) is 10.9. The summed E-state index contributed by atoms with van der Waals surface area (Å²) in [7, 11) is 0. The van der Waals surface area contributed by atoms with Crippen molar-refractivity contribution in [2.45, 2.75) is 12.6 Å². The molecule has 4 aromatic heterocycles. The summed E-state index contributed by atoms with van der Waals surface area (Å²) in [4.78, 5) is 36.1. The highest BCUT2D eigenvalue weighted by molar-refractivity contribution is 7.22. The van der Waals surface area contributed by atoms with Gasteiger partial charge < -0.3 is 21.5 Å².